The van der Waals surface area contributed by atoms with E-state index >= 15 is 0 Å². The quantitative estimate of drug-likeness (QED) is 0.661. The van der Waals surface area contributed by atoms with Gasteiger partial charge >= 0.3 is 0 Å². The molecule has 0 aromatic heterocycles. The molecule has 2 aromatic carbocycles. The van der Waals surface area contributed by atoms with Crippen molar-refractivity contribution in [1.82, 2.24) is 0 Å². The van der Waals surface area contributed by atoms with Gasteiger partial charge in [-0.3, -0.25) is 4.79 Å². The lowest BCUT2D eigenvalue weighted by molar-refractivity contribution is -0.125. The van der Waals surface area contributed by atoms with Crippen LogP contribution < -0.4 is 9.91 Å². The van der Waals surface area contributed by atoms with Gasteiger partial charge in [0.1, 0.15) is 5.41 Å². The number of amides is 1. The van der Waals surface area contributed by atoms with Crippen molar-refractivity contribution in [2.45, 2.75) is 38.6 Å². The monoisotopic (exact) mass is 423 g/mol. The van der Waals surface area contributed by atoms with Crippen LogP contribution in [0.25, 0.3) is 0 Å². The van der Waals surface area contributed by atoms with Crippen LogP contribution in [0.15, 0.2) is 58.1 Å². The molecule has 0 N–H and O–H groups in total. The first-order chi connectivity index (χ1) is 13.1. The molecule has 4 nitrogen and oxygen atoms in total. The molecule has 138 valence electrons. The zero-order valence-electron chi connectivity index (χ0n) is 15.4. The summed E-state index contributed by atoms with van der Waals surface area (Å²) in [4.78, 5) is 16.3. The number of anilines is 2. The highest BCUT2D eigenvalue weighted by atomic mass is 79.9. The van der Waals surface area contributed by atoms with Crippen LogP contribution in [0.4, 0.5) is 11.4 Å². The first-order valence-corrected chi connectivity index (χ1v) is 10.4. The van der Waals surface area contributed by atoms with Gasteiger partial charge in [-0.2, -0.15) is 10.1 Å². The second-order valence-corrected chi connectivity index (χ2v) is 8.68. The van der Waals surface area contributed by atoms with E-state index in [1.54, 1.807) is 5.01 Å². The first kappa shape index (κ1) is 17.0. The molecule has 0 aliphatic carbocycles. The van der Waals surface area contributed by atoms with Gasteiger partial charge in [0.05, 0.1) is 11.4 Å². The number of benzene rings is 2. The molecule has 0 radical (unpaired) electrons. The van der Waals surface area contributed by atoms with E-state index in [0.29, 0.717) is 0 Å². The molecular formula is C22H22BrN3O. The molecule has 0 saturated carbocycles. The summed E-state index contributed by atoms with van der Waals surface area (Å²) in [5.74, 6) is 0.119. The SMILES string of the molecule is CC1=NN(c2ccccc2)C(=O)[C@]12Cc1cc(Br)ccc1N1CCCC[C@@H]12. The number of rotatable bonds is 1. The average Bonchev–Trinajstić information content (AvgIpc) is 2.94. The minimum Gasteiger partial charge on any atom is -0.367 e. The standard InChI is InChI=1S/C22H22BrN3O/c1-15-22(21(27)26(24-15)18-7-3-2-4-8-18)14-16-13-17(23)10-11-19(16)25-12-6-5-9-20(22)25/h2-4,7-8,10-11,13,20H,5-6,9,12,14H2,1H3/t20-,22-/m1/s1. The molecule has 1 saturated heterocycles. The summed E-state index contributed by atoms with van der Waals surface area (Å²) in [6.45, 7) is 3.05. The van der Waals surface area contributed by atoms with Gasteiger partial charge in [-0.1, -0.05) is 34.1 Å². The number of carbonyl (C=O) groups excluding carboxylic acids is 1. The summed E-state index contributed by atoms with van der Waals surface area (Å²) >= 11 is 3.61. The van der Waals surface area contributed by atoms with Crippen molar-refractivity contribution in [3.05, 3.63) is 58.6 Å². The maximum atomic E-state index is 13.8. The highest BCUT2D eigenvalue weighted by Crippen LogP contribution is 2.50. The molecule has 2 atom stereocenters. The van der Waals surface area contributed by atoms with Crippen molar-refractivity contribution in [1.29, 1.82) is 0 Å². The number of fused-ring (bicyclic) bond motifs is 4. The first-order valence-electron chi connectivity index (χ1n) is 9.61. The summed E-state index contributed by atoms with van der Waals surface area (Å²) in [5.41, 5.74) is 3.75. The van der Waals surface area contributed by atoms with Crippen LogP contribution in [-0.2, 0) is 11.2 Å². The van der Waals surface area contributed by atoms with Crippen LogP contribution in [-0.4, -0.2) is 24.2 Å². The zero-order valence-corrected chi connectivity index (χ0v) is 16.9. The maximum absolute atomic E-state index is 13.8. The molecule has 27 heavy (non-hydrogen) atoms. The van der Waals surface area contributed by atoms with Gasteiger partial charge < -0.3 is 4.90 Å². The molecule has 3 aliphatic heterocycles. The van der Waals surface area contributed by atoms with Crippen molar-refractivity contribution >= 4 is 38.9 Å². The number of piperidine rings is 1. The third-order valence-corrected chi connectivity index (χ3v) is 6.86. The Morgan fingerprint density at radius 1 is 1.15 bits per heavy atom. The summed E-state index contributed by atoms with van der Waals surface area (Å²) < 4.78 is 1.06. The number of para-hydroxylation sites is 1. The molecule has 0 unspecified atom stereocenters. The summed E-state index contributed by atoms with van der Waals surface area (Å²) in [6.07, 6.45) is 4.10. The number of nitrogens with zero attached hydrogens (tertiary/aromatic N) is 3. The van der Waals surface area contributed by atoms with Crippen molar-refractivity contribution < 1.29 is 4.79 Å². The van der Waals surface area contributed by atoms with Crippen molar-refractivity contribution in [3.8, 4) is 0 Å². The van der Waals surface area contributed by atoms with Crippen molar-refractivity contribution in [3.63, 3.8) is 0 Å². The van der Waals surface area contributed by atoms with E-state index in [4.69, 9.17) is 5.10 Å². The predicted octanol–water partition coefficient (Wildman–Crippen LogP) is 4.77. The Bertz CT molecular complexity index is 942. The minimum atomic E-state index is -0.565. The van der Waals surface area contributed by atoms with E-state index in [-0.39, 0.29) is 11.9 Å². The predicted molar refractivity (Wildman–Crippen MR) is 112 cm³/mol. The van der Waals surface area contributed by atoms with E-state index in [1.165, 1.54) is 24.1 Å². The number of hydrogen-bond donors (Lipinski definition) is 0. The second-order valence-electron chi connectivity index (χ2n) is 7.76. The fourth-order valence-corrected chi connectivity index (χ4v) is 5.49. The fraction of sp³-hybridized carbons (Fsp3) is 0.364. The Morgan fingerprint density at radius 3 is 2.78 bits per heavy atom. The van der Waals surface area contributed by atoms with Gasteiger partial charge in [0.25, 0.3) is 5.91 Å². The van der Waals surface area contributed by atoms with Crippen LogP contribution in [0.3, 0.4) is 0 Å². The number of halogens is 1. The number of hydrazone groups is 1. The Labute approximate surface area is 168 Å². The Balaban J connectivity index is 1.65. The Hall–Kier alpha value is -2.14. The van der Waals surface area contributed by atoms with Crippen LogP contribution >= 0.6 is 15.9 Å². The van der Waals surface area contributed by atoms with E-state index in [9.17, 15) is 4.79 Å². The van der Waals surface area contributed by atoms with E-state index in [2.05, 4.69) is 39.0 Å². The molecular weight excluding hydrogens is 402 g/mol. The van der Waals surface area contributed by atoms with Crippen molar-refractivity contribution in [2.24, 2.45) is 10.5 Å². The highest BCUT2D eigenvalue weighted by Gasteiger charge is 2.59. The summed E-state index contributed by atoms with van der Waals surface area (Å²) in [5, 5.41) is 6.40. The second kappa shape index (κ2) is 6.20. The summed E-state index contributed by atoms with van der Waals surface area (Å²) in [7, 11) is 0. The molecule has 5 heteroatoms. The van der Waals surface area contributed by atoms with Crippen molar-refractivity contribution in [2.75, 3.05) is 16.5 Å². The molecule has 3 heterocycles. The lowest BCUT2D eigenvalue weighted by Gasteiger charge is -2.51. The molecule has 1 spiro atoms. The van der Waals surface area contributed by atoms with Gasteiger partial charge in [-0.05, 0) is 68.5 Å². The topological polar surface area (TPSA) is 35.9 Å². The lowest BCUT2D eigenvalue weighted by atomic mass is 9.66. The van der Waals surface area contributed by atoms with Gasteiger partial charge in [0, 0.05) is 22.7 Å². The van der Waals surface area contributed by atoms with Crippen LogP contribution in [0.1, 0.15) is 31.7 Å². The van der Waals surface area contributed by atoms with Gasteiger partial charge in [-0.25, -0.2) is 0 Å². The number of carbonyl (C=O) groups is 1. The van der Waals surface area contributed by atoms with Crippen LogP contribution in [0, 0.1) is 5.41 Å². The third kappa shape index (κ3) is 2.40. The fourth-order valence-electron chi connectivity index (χ4n) is 5.09. The third-order valence-electron chi connectivity index (χ3n) is 6.36. The van der Waals surface area contributed by atoms with Crippen LogP contribution in [0.5, 0.6) is 0 Å². The molecule has 5 rings (SSSR count). The smallest absolute Gasteiger partial charge is 0.261 e. The van der Waals surface area contributed by atoms with Gasteiger partial charge in [0.15, 0.2) is 0 Å². The highest BCUT2D eigenvalue weighted by molar-refractivity contribution is 9.10. The number of hydrogen-bond acceptors (Lipinski definition) is 3. The minimum absolute atomic E-state index is 0.119. The van der Waals surface area contributed by atoms with Crippen LogP contribution in [0.2, 0.25) is 0 Å². The van der Waals surface area contributed by atoms with E-state index in [0.717, 1.165) is 35.3 Å². The summed E-state index contributed by atoms with van der Waals surface area (Å²) in [6, 6.07) is 16.5. The lowest BCUT2D eigenvalue weighted by Crippen LogP contribution is -2.61. The largest absolute Gasteiger partial charge is 0.367 e. The van der Waals surface area contributed by atoms with E-state index in [1.807, 2.05) is 37.3 Å². The molecule has 2 aromatic rings. The normalized spacial score (nSPS) is 26.8. The molecule has 3 aliphatic rings. The zero-order chi connectivity index (χ0) is 18.6. The average molecular weight is 424 g/mol. The van der Waals surface area contributed by atoms with E-state index < -0.39 is 5.41 Å². The molecule has 1 fully saturated rings. The molecule has 1 amide bonds. The van der Waals surface area contributed by atoms with Gasteiger partial charge in [-0.15, -0.1) is 0 Å². The maximum Gasteiger partial charge on any atom is 0.261 e. The Morgan fingerprint density at radius 2 is 1.96 bits per heavy atom. The van der Waals surface area contributed by atoms with Gasteiger partial charge in [0.2, 0.25) is 0 Å². The Kier molecular flexibility index (Phi) is 3.90. The molecule has 0 bridgehead atoms.